The molecule has 0 bridgehead atoms. The minimum atomic E-state index is -1.04. The first-order valence-corrected chi connectivity index (χ1v) is 3.63. The molecule has 4 heteroatoms. The predicted octanol–water partition coefficient (Wildman–Crippen LogP) is 2.30. The molecule has 2 nitrogen and oxygen atoms in total. The van der Waals surface area contributed by atoms with Crippen LogP contribution < -0.4 is 0 Å². The van der Waals surface area contributed by atoms with Crippen LogP contribution in [0, 0.1) is 23.0 Å². The van der Waals surface area contributed by atoms with E-state index >= 15 is 0 Å². The molecule has 1 rings (SSSR count). The van der Waals surface area contributed by atoms with E-state index in [0.717, 1.165) is 6.07 Å². The first kappa shape index (κ1) is 9.46. The van der Waals surface area contributed by atoms with Crippen molar-refractivity contribution in [3.05, 3.63) is 29.3 Å². The lowest BCUT2D eigenvalue weighted by Crippen LogP contribution is -1.94. The van der Waals surface area contributed by atoms with Gasteiger partial charge in [0.25, 0.3) is 0 Å². The van der Waals surface area contributed by atoms with Gasteiger partial charge in [-0.1, -0.05) is 0 Å². The van der Waals surface area contributed by atoms with Crippen LogP contribution in [-0.4, -0.2) is 5.11 Å². The molecule has 0 amide bonds. The summed E-state index contributed by atoms with van der Waals surface area (Å²) in [6, 6.07) is 3.31. The highest BCUT2D eigenvalue weighted by atomic mass is 19.1. The van der Waals surface area contributed by atoms with Gasteiger partial charge >= 0.3 is 0 Å². The Bertz CT molecular complexity index is 371. The van der Waals surface area contributed by atoms with Gasteiger partial charge in [-0.15, -0.1) is 0 Å². The number of nitrogens with zero attached hydrogens (tertiary/aromatic N) is 1. The maximum atomic E-state index is 12.7. The minimum Gasteiger partial charge on any atom is -0.505 e. The van der Waals surface area contributed by atoms with E-state index in [-0.39, 0.29) is 5.56 Å². The number of benzene rings is 1. The van der Waals surface area contributed by atoms with Crippen LogP contribution >= 0.6 is 0 Å². The second-order valence-corrected chi connectivity index (χ2v) is 2.68. The van der Waals surface area contributed by atoms with Crippen LogP contribution in [0.3, 0.4) is 0 Å². The third-order valence-corrected chi connectivity index (χ3v) is 1.72. The molecule has 1 N–H and O–H groups in total. The molecule has 0 aliphatic carbocycles. The van der Waals surface area contributed by atoms with E-state index in [9.17, 15) is 8.78 Å². The van der Waals surface area contributed by atoms with Gasteiger partial charge in [0.1, 0.15) is 5.82 Å². The largest absolute Gasteiger partial charge is 0.505 e. The molecule has 1 unspecified atom stereocenters. The fraction of sp³-hybridized carbons (Fsp3) is 0.222. The van der Waals surface area contributed by atoms with E-state index in [1.807, 2.05) is 0 Å². The first-order chi connectivity index (χ1) is 6.06. The van der Waals surface area contributed by atoms with Crippen molar-refractivity contribution < 1.29 is 13.9 Å². The molecule has 0 aliphatic heterocycles. The molecule has 0 saturated carbocycles. The summed E-state index contributed by atoms with van der Waals surface area (Å²) >= 11 is 0. The van der Waals surface area contributed by atoms with Gasteiger partial charge in [-0.05, 0) is 13.0 Å². The lowest BCUT2D eigenvalue weighted by atomic mass is 10.0. The van der Waals surface area contributed by atoms with Crippen LogP contribution in [0.5, 0.6) is 5.75 Å². The van der Waals surface area contributed by atoms with E-state index in [1.165, 1.54) is 6.92 Å². The van der Waals surface area contributed by atoms with Gasteiger partial charge in [0.15, 0.2) is 11.6 Å². The third-order valence-electron chi connectivity index (χ3n) is 1.72. The van der Waals surface area contributed by atoms with Gasteiger partial charge < -0.3 is 5.11 Å². The van der Waals surface area contributed by atoms with Crippen molar-refractivity contribution in [2.75, 3.05) is 0 Å². The van der Waals surface area contributed by atoms with Gasteiger partial charge in [-0.3, -0.25) is 0 Å². The highest BCUT2D eigenvalue weighted by Crippen LogP contribution is 2.28. The van der Waals surface area contributed by atoms with Gasteiger partial charge in [0.2, 0.25) is 0 Å². The molecule has 13 heavy (non-hydrogen) atoms. The summed E-state index contributed by atoms with van der Waals surface area (Å²) < 4.78 is 25.4. The Morgan fingerprint density at radius 2 is 2.08 bits per heavy atom. The van der Waals surface area contributed by atoms with Crippen molar-refractivity contribution in [2.24, 2.45) is 0 Å². The molecule has 0 spiro atoms. The number of nitriles is 1. The highest BCUT2D eigenvalue weighted by molar-refractivity contribution is 5.39. The van der Waals surface area contributed by atoms with Crippen LogP contribution in [-0.2, 0) is 0 Å². The second-order valence-electron chi connectivity index (χ2n) is 2.68. The number of rotatable bonds is 1. The Hall–Kier alpha value is -1.63. The van der Waals surface area contributed by atoms with E-state index in [2.05, 4.69) is 0 Å². The molecule has 1 atom stereocenters. The topological polar surface area (TPSA) is 44.0 Å². The zero-order valence-electron chi connectivity index (χ0n) is 6.88. The molecular formula is C9H7F2NO. The lowest BCUT2D eigenvalue weighted by molar-refractivity contribution is 0.420. The fourth-order valence-electron chi connectivity index (χ4n) is 0.986. The Kier molecular flexibility index (Phi) is 2.47. The standard InChI is InChI=1S/C9H7F2NO/c1-5(4-12)7-2-6(10)3-8(11)9(7)13/h2-3,5,13H,1H3. The lowest BCUT2D eigenvalue weighted by Gasteiger charge is -2.06. The van der Waals surface area contributed by atoms with E-state index in [4.69, 9.17) is 10.4 Å². The smallest absolute Gasteiger partial charge is 0.168 e. The molecular weight excluding hydrogens is 176 g/mol. The maximum Gasteiger partial charge on any atom is 0.168 e. The summed E-state index contributed by atoms with van der Waals surface area (Å²) in [6.45, 7) is 1.45. The van der Waals surface area contributed by atoms with Crippen LogP contribution in [0.4, 0.5) is 8.78 Å². The van der Waals surface area contributed by atoms with Crippen molar-refractivity contribution in [3.63, 3.8) is 0 Å². The summed E-state index contributed by atoms with van der Waals surface area (Å²) in [5, 5.41) is 17.6. The van der Waals surface area contributed by atoms with Crippen molar-refractivity contribution >= 4 is 0 Å². The second kappa shape index (κ2) is 3.40. The van der Waals surface area contributed by atoms with Gasteiger partial charge in [-0.2, -0.15) is 5.26 Å². The summed E-state index contributed by atoms with van der Waals surface area (Å²) in [7, 11) is 0. The summed E-state index contributed by atoms with van der Waals surface area (Å²) in [5.74, 6) is -3.23. The van der Waals surface area contributed by atoms with E-state index in [0.29, 0.717) is 6.07 Å². The molecule has 0 heterocycles. The fourth-order valence-corrected chi connectivity index (χ4v) is 0.986. The van der Waals surface area contributed by atoms with Crippen molar-refractivity contribution in [2.45, 2.75) is 12.8 Å². The molecule has 0 aromatic heterocycles. The summed E-state index contributed by atoms with van der Waals surface area (Å²) in [5.41, 5.74) is -0.0278. The molecule has 68 valence electrons. The average molecular weight is 183 g/mol. The number of hydrogen-bond acceptors (Lipinski definition) is 2. The molecule has 0 aliphatic rings. The first-order valence-electron chi connectivity index (χ1n) is 3.63. The monoisotopic (exact) mass is 183 g/mol. The van der Waals surface area contributed by atoms with Crippen molar-refractivity contribution in [1.29, 1.82) is 5.26 Å². The number of aromatic hydroxyl groups is 1. The van der Waals surface area contributed by atoms with Crippen LogP contribution in [0.1, 0.15) is 18.4 Å². The van der Waals surface area contributed by atoms with Gasteiger partial charge in [0, 0.05) is 11.6 Å². The normalized spacial score (nSPS) is 12.2. The maximum absolute atomic E-state index is 12.7. The summed E-state index contributed by atoms with van der Waals surface area (Å²) in [4.78, 5) is 0. The van der Waals surface area contributed by atoms with E-state index < -0.39 is 23.3 Å². The van der Waals surface area contributed by atoms with E-state index in [1.54, 1.807) is 6.07 Å². The molecule has 1 aromatic rings. The van der Waals surface area contributed by atoms with Crippen LogP contribution in [0.15, 0.2) is 12.1 Å². The third kappa shape index (κ3) is 1.75. The Labute approximate surface area is 74.0 Å². The Balaban J connectivity index is 3.30. The number of halogens is 2. The van der Waals surface area contributed by atoms with Gasteiger partial charge in [-0.25, -0.2) is 8.78 Å². The Morgan fingerprint density at radius 3 is 2.62 bits per heavy atom. The quantitative estimate of drug-likeness (QED) is 0.725. The van der Waals surface area contributed by atoms with Crippen LogP contribution in [0.2, 0.25) is 0 Å². The summed E-state index contributed by atoms with van der Waals surface area (Å²) in [6.07, 6.45) is 0. The Morgan fingerprint density at radius 1 is 1.46 bits per heavy atom. The van der Waals surface area contributed by atoms with Gasteiger partial charge in [0.05, 0.1) is 12.0 Å². The highest BCUT2D eigenvalue weighted by Gasteiger charge is 2.14. The number of phenols is 1. The SMILES string of the molecule is CC(C#N)c1cc(F)cc(F)c1O. The zero-order chi connectivity index (χ0) is 10.0. The zero-order valence-corrected chi connectivity index (χ0v) is 6.88. The minimum absolute atomic E-state index is 0.0278. The predicted molar refractivity (Wildman–Crippen MR) is 42.1 cm³/mol. The molecule has 0 radical (unpaired) electrons. The van der Waals surface area contributed by atoms with Crippen LogP contribution in [0.25, 0.3) is 0 Å². The number of hydrogen-bond donors (Lipinski definition) is 1. The number of phenolic OH excluding ortho intramolecular Hbond substituents is 1. The molecule has 1 aromatic carbocycles. The molecule has 0 fully saturated rings. The van der Waals surface area contributed by atoms with Crippen molar-refractivity contribution in [1.82, 2.24) is 0 Å². The molecule has 0 saturated heterocycles. The average Bonchev–Trinajstić information content (AvgIpc) is 2.10. The van der Waals surface area contributed by atoms with Crippen molar-refractivity contribution in [3.8, 4) is 11.8 Å².